The normalized spacial score (nSPS) is 30.9. The maximum Gasteiger partial charge on any atom is 0.309 e. The van der Waals surface area contributed by atoms with Gasteiger partial charge in [-0.05, 0) is 5.56 Å². The Hall–Kier alpha value is -2.14. The fraction of sp³-hybridized carbons (Fsp3) is 0.412. The van der Waals surface area contributed by atoms with Crippen LogP contribution in [-0.4, -0.2) is 36.2 Å². The van der Waals surface area contributed by atoms with Gasteiger partial charge in [-0.2, -0.15) is 0 Å². The minimum Gasteiger partial charge on any atom is -0.457 e. The molecule has 0 radical (unpaired) electrons. The molecule has 0 spiro atoms. The van der Waals surface area contributed by atoms with Gasteiger partial charge in [0.2, 0.25) is 5.91 Å². The van der Waals surface area contributed by atoms with E-state index in [1.807, 2.05) is 42.5 Å². The highest BCUT2D eigenvalue weighted by Gasteiger charge is 2.46. The van der Waals surface area contributed by atoms with Gasteiger partial charge in [-0.15, -0.1) is 0 Å². The maximum atomic E-state index is 11.5. The van der Waals surface area contributed by atoms with E-state index in [1.54, 1.807) is 0 Å². The summed E-state index contributed by atoms with van der Waals surface area (Å²) in [5, 5.41) is 2.87. The molecular weight excluding hydrogens is 282 g/mol. The lowest BCUT2D eigenvalue weighted by atomic mass is 9.94. The molecule has 0 bridgehead atoms. The summed E-state index contributed by atoms with van der Waals surface area (Å²) in [5.74, 6) is -0.391. The molecule has 1 N–H and O–H groups in total. The molecule has 2 heterocycles. The van der Waals surface area contributed by atoms with Crippen LogP contribution in [-0.2, 0) is 19.1 Å². The summed E-state index contributed by atoms with van der Waals surface area (Å²) in [7, 11) is 0. The van der Waals surface area contributed by atoms with E-state index in [9.17, 15) is 9.59 Å². The molecule has 0 aromatic heterocycles. The number of carbonyl (C=O) groups excluding carboxylic acids is 2. The van der Waals surface area contributed by atoms with E-state index in [0.29, 0.717) is 6.42 Å². The van der Waals surface area contributed by atoms with Crippen LogP contribution in [0.3, 0.4) is 0 Å². The van der Waals surface area contributed by atoms with Gasteiger partial charge in [-0.3, -0.25) is 9.59 Å². The van der Waals surface area contributed by atoms with Crippen molar-refractivity contribution in [2.75, 3.05) is 0 Å². The van der Waals surface area contributed by atoms with Crippen molar-refractivity contribution in [3.8, 4) is 0 Å². The third-order valence-corrected chi connectivity index (χ3v) is 3.93. The van der Waals surface area contributed by atoms with Crippen LogP contribution in [0.2, 0.25) is 0 Å². The Kier molecular flexibility index (Phi) is 4.24. The molecular formula is C17H19NO4. The topological polar surface area (TPSA) is 64.6 Å². The molecule has 3 rings (SSSR count). The molecule has 5 heteroatoms. The van der Waals surface area contributed by atoms with Gasteiger partial charge >= 0.3 is 5.97 Å². The van der Waals surface area contributed by atoms with Gasteiger partial charge in [-0.25, -0.2) is 0 Å². The Morgan fingerprint density at radius 2 is 2.09 bits per heavy atom. The smallest absolute Gasteiger partial charge is 0.309 e. The van der Waals surface area contributed by atoms with Crippen LogP contribution in [0.1, 0.15) is 25.3 Å². The number of carbonyl (C=O) groups is 2. The highest BCUT2D eigenvalue weighted by molar-refractivity contribution is 5.75. The molecule has 4 atom stereocenters. The molecule has 0 aliphatic carbocycles. The average Bonchev–Trinajstić information content (AvgIpc) is 2.86. The van der Waals surface area contributed by atoms with E-state index in [-0.39, 0.29) is 42.7 Å². The number of nitrogens with one attached hydrogen (secondary N) is 1. The predicted octanol–water partition coefficient (Wildman–Crippen LogP) is 1.68. The number of rotatable bonds is 3. The fourth-order valence-electron chi connectivity index (χ4n) is 3.00. The average molecular weight is 301 g/mol. The molecule has 1 aromatic carbocycles. The van der Waals surface area contributed by atoms with Crippen LogP contribution in [0.25, 0.3) is 6.08 Å². The van der Waals surface area contributed by atoms with Crippen molar-refractivity contribution in [3.05, 3.63) is 42.0 Å². The molecule has 0 unspecified atom stereocenters. The Morgan fingerprint density at radius 1 is 1.32 bits per heavy atom. The standard InChI is InChI=1S/C17H19NO4/c1-11(19)18-14-9-13(8-7-12-5-3-2-4-6-12)21-15-10-16(20)22-17(14)15/h2-8,13-15,17H,9-10H2,1H3,(H,18,19)/b8-7+/t13-,14+,15+,17+/m0/s1. The first-order valence-electron chi connectivity index (χ1n) is 7.47. The van der Waals surface area contributed by atoms with Gasteiger partial charge in [0.05, 0.1) is 18.6 Å². The summed E-state index contributed by atoms with van der Waals surface area (Å²) in [4.78, 5) is 22.9. The Balaban J connectivity index is 1.72. The zero-order valence-electron chi connectivity index (χ0n) is 12.4. The maximum absolute atomic E-state index is 11.5. The monoisotopic (exact) mass is 301 g/mol. The van der Waals surface area contributed by atoms with E-state index >= 15 is 0 Å². The van der Waals surface area contributed by atoms with Gasteiger partial charge in [-0.1, -0.05) is 42.5 Å². The van der Waals surface area contributed by atoms with Crippen molar-refractivity contribution in [1.29, 1.82) is 0 Å². The van der Waals surface area contributed by atoms with Crippen molar-refractivity contribution < 1.29 is 19.1 Å². The van der Waals surface area contributed by atoms with Crippen LogP contribution in [0.4, 0.5) is 0 Å². The number of hydrogen-bond donors (Lipinski definition) is 1. The number of amides is 1. The van der Waals surface area contributed by atoms with E-state index < -0.39 is 0 Å². The molecule has 22 heavy (non-hydrogen) atoms. The van der Waals surface area contributed by atoms with Crippen molar-refractivity contribution in [2.45, 2.75) is 44.1 Å². The van der Waals surface area contributed by atoms with E-state index in [0.717, 1.165) is 5.56 Å². The van der Waals surface area contributed by atoms with Gasteiger partial charge < -0.3 is 14.8 Å². The zero-order valence-corrected chi connectivity index (χ0v) is 12.4. The molecule has 2 aliphatic heterocycles. The third-order valence-electron chi connectivity index (χ3n) is 3.93. The number of esters is 1. The van der Waals surface area contributed by atoms with Gasteiger partial charge in [0, 0.05) is 13.3 Å². The minimum absolute atomic E-state index is 0.126. The second kappa shape index (κ2) is 6.32. The van der Waals surface area contributed by atoms with E-state index in [2.05, 4.69) is 5.32 Å². The molecule has 1 amide bonds. The molecule has 2 fully saturated rings. The van der Waals surface area contributed by atoms with Gasteiger partial charge in [0.1, 0.15) is 12.2 Å². The second-order valence-electron chi connectivity index (χ2n) is 5.68. The van der Waals surface area contributed by atoms with E-state index in [4.69, 9.17) is 9.47 Å². The van der Waals surface area contributed by atoms with Crippen molar-refractivity contribution >= 4 is 18.0 Å². The SMILES string of the molecule is CC(=O)N[C@@H]1C[C@H](/C=C/c2ccccc2)O[C@@H]2CC(=O)O[C@H]12. The van der Waals surface area contributed by atoms with Crippen LogP contribution >= 0.6 is 0 Å². The molecule has 1 aromatic rings. The summed E-state index contributed by atoms with van der Waals surface area (Å²) in [6.45, 7) is 1.47. The van der Waals surface area contributed by atoms with Crippen LogP contribution < -0.4 is 5.32 Å². The summed E-state index contributed by atoms with van der Waals surface area (Å²) in [6.07, 6.45) is 4.00. The minimum atomic E-state index is -0.377. The number of fused-ring (bicyclic) bond motifs is 1. The predicted molar refractivity (Wildman–Crippen MR) is 80.9 cm³/mol. The summed E-state index contributed by atoms with van der Waals surface area (Å²) < 4.78 is 11.2. The third kappa shape index (κ3) is 3.36. The Bertz CT molecular complexity index is 584. The summed E-state index contributed by atoms with van der Waals surface area (Å²) in [6, 6.07) is 9.73. The van der Waals surface area contributed by atoms with Gasteiger partial charge in [0.15, 0.2) is 0 Å². The Morgan fingerprint density at radius 3 is 2.82 bits per heavy atom. The van der Waals surface area contributed by atoms with Crippen LogP contribution in [0.5, 0.6) is 0 Å². The first-order valence-corrected chi connectivity index (χ1v) is 7.47. The fourth-order valence-corrected chi connectivity index (χ4v) is 3.00. The quantitative estimate of drug-likeness (QED) is 0.863. The van der Waals surface area contributed by atoms with Crippen LogP contribution in [0, 0.1) is 0 Å². The molecule has 116 valence electrons. The number of ether oxygens (including phenoxy) is 2. The molecule has 0 saturated carbocycles. The highest BCUT2D eigenvalue weighted by Crippen LogP contribution is 2.31. The van der Waals surface area contributed by atoms with Gasteiger partial charge in [0.25, 0.3) is 0 Å². The highest BCUT2D eigenvalue weighted by atomic mass is 16.6. The molecule has 2 aliphatic rings. The summed E-state index contributed by atoms with van der Waals surface area (Å²) in [5.41, 5.74) is 1.09. The lowest BCUT2D eigenvalue weighted by Crippen LogP contribution is -2.53. The van der Waals surface area contributed by atoms with E-state index in [1.165, 1.54) is 6.92 Å². The lowest BCUT2D eigenvalue weighted by Gasteiger charge is -2.36. The summed E-state index contributed by atoms with van der Waals surface area (Å²) >= 11 is 0. The van der Waals surface area contributed by atoms with Crippen molar-refractivity contribution in [2.24, 2.45) is 0 Å². The first-order chi connectivity index (χ1) is 10.6. The first kappa shape index (κ1) is 14.8. The second-order valence-corrected chi connectivity index (χ2v) is 5.68. The van der Waals surface area contributed by atoms with Crippen LogP contribution in [0.15, 0.2) is 36.4 Å². The Labute approximate surface area is 129 Å². The zero-order chi connectivity index (χ0) is 15.5. The molecule has 5 nitrogen and oxygen atoms in total. The number of benzene rings is 1. The van der Waals surface area contributed by atoms with Crippen molar-refractivity contribution in [1.82, 2.24) is 5.32 Å². The largest absolute Gasteiger partial charge is 0.457 e. The van der Waals surface area contributed by atoms with Crippen molar-refractivity contribution in [3.63, 3.8) is 0 Å². The number of hydrogen-bond acceptors (Lipinski definition) is 4. The lowest BCUT2D eigenvalue weighted by molar-refractivity contribution is -0.148. The molecule has 2 saturated heterocycles.